The number of hydrogen-bond acceptors (Lipinski definition) is 3. The van der Waals surface area contributed by atoms with Crippen molar-refractivity contribution in [2.24, 2.45) is 0 Å². The molecule has 0 unspecified atom stereocenters. The van der Waals surface area contributed by atoms with Crippen LogP contribution in [0.15, 0.2) is 109 Å². The van der Waals surface area contributed by atoms with E-state index in [0.717, 1.165) is 56.2 Å². The lowest BCUT2D eigenvalue weighted by molar-refractivity contribution is 0.416. The first-order valence-corrected chi connectivity index (χ1v) is 10.9. The maximum absolute atomic E-state index is 5.72. The molecule has 6 aromatic rings. The highest BCUT2D eigenvalue weighted by Gasteiger charge is 2.22. The Hall–Kier alpha value is -4.44. The van der Waals surface area contributed by atoms with Crippen molar-refractivity contribution in [1.29, 1.82) is 0 Å². The smallest absolute Gasteiger partial charge is 0.150 e. The average Bonchev–Trinajstić information content (AvgIpc) is 3.30. The van der Waals surface area contributed by atoms with Gasteiger partial charge in [0.1, 0.15) is 11.4 Å². The molecule has 2 heterocycles. The van der Waals surface area contributed by atoms with E-state index in [-0.39, 0.29) is 0 Å². The minimum atomic E-state index is 0.774. The third-order valence-corrected chi connectivity index (χ3v) is 5.90. The molecule has 0 bridgehead atoms. The fraction of sp³-hybridized carbons (Fsp3) is 0.0345. The molecule has 158 valence electrons. The largest absolute Gasteiger partial charge is 0.496 e. The predicted octanol–water partition coefficient (Wildman–Crippen LogP) is 6.89. The molecule has 6 rings (SSSR count). The van der Waals surface area contributed by atoms with Crippen molar-refractivity contribution in [3.05, 3.63) is 109 Å². The molecule has 0 aliphatic carbocycles. The van der Waals surface area contributed by atoms with Crippen LogP contribution in [0.1, 0.15) is 0 Å². The fourth-order valence-corrected chi connectivity index (χ4v) is 4.40. The van der Waals surface area contributed by atoms with Crippen molar-refractivity contribution in [2.75, 3.05) is 7.11 Å². The first kappa shape index (κ1) is 19.3. The Morgan fingerprint density at radius 1 is 0.636 bits per heavy atom. The summed E-state index contributed by atoms with van der Waals surface area (Å²) in [5, 5.41) is 1.01. The number of rotatable bonds is 4. The molecule has 0 N–H and O–H groups in total. The van der Waals surface area contributed by atoms with Crippen LogP contribution in [-0.4, -0.2) is 21.5 Å². The van der Waals surface area contributed by atoms with Crippen molar-refractivity contribution < 1.29 is 4.74 Å². The van der Waals surface area contributed by atoms with Crippen LogP contribution in [0.4, 0.5) is 0 Å². The van der Waals surface area contributed by atoms with Crippen LogP contribution in [0.25, 0.3) is 50.5 Å². The Morgan fingerprint density at radius 3 is 2.03 bits per heavy atom. The van der Waals surface area contributed by atoms with Gasteiger partial charge in [-0.25, -0.2) is 9.97 Å². The summed E-state index contributed by atoms with van der Waals surface area (Å²) in [6.45, 7) is 0. The van der Waals surface area contributed by atoms with Crippen molar-refractivity contribution in [3.63, 3.8) is 0 Å². The molecule has 4 aromatic carbocycles. The summed E-state index contributed by atoms with van der Waals surface area (Å²) in [4.78, 5) is 10.3. The van der Waals surface area contributed by atoms with Gasteiger partial charge in [-0.15, -0.1) is 0 Å². The molecule has 0 saturated heterocycles. The minimum absolute atomic E-state index is 0.774. The van der Waals surface area contributed by atoms with Crippen molar-refractivity contribution in [3.8, 4) is 39.7 Å². The third kappa shape index (κ3) is 3.15. The van der Waals surface area contributed by atoms with Gasteiger partial charge in [-0.1, -0.05) is 84.9 Å². The average molecular weight is 428 g/mol. The lowest BCUT2D eigenvalue weighted by Crippen LogP contribution is -2.01. The van der Waals surface area contributed by atoms with E-state index in [1.54, 1.807) is 7.11 Å². The number of nitrogens with zero attached hydrogens (tertiary/aromatic N) is 3. The topological polar surface area (TPSA) is 39.4 Å². The second-order valence-corrected chi connectivity index (χ2v) is 7.85. The zero-order valence-electron chi connectivity index (χ0n) is 18.1. The van der Waals surface area contributed by atoms with Gasteiger partial charge in [-0.3, -0.25) is 4.40 Å². The van der Waals surface area contributed by atoms with Crippen LogP contribution in [0.5, 0.6) is 5.75 Å². The number of aromatic nitrogens is 3. The minimum Gasteiger partial charge on any atom is -0.496 e. The summed E-state index contributed by atoms with van der Waals surface area (Å²) in [6.07, 6.45) is 0. The molecule has 4 nitrogen and oxygen atoms in total. The molecule has 0 atom stereocenters. The molecule has 0 spiro atoms. The van der Waals surface area contributed by atoms with Gasteiger partial charge in [0.2, 0.25) is 0 Å². The second kappa shape index (κ2) is 7.92. The highest BCUT2D eigenvalue weighted by atomic mass is 16.5. The lowest BCUT2D eigenvalue weighted by atomic mass is 10.0. The first-order chi connectivity index (χ1) is 16.3. The van der Waals surface area contributed by atoms with E-state index in [2.05, 4.69) is 46.9 Å². The number of hydrogen-bond donors (Lipinski definition) is 0. The van der Waals surface area contributed by atoms with E-state index in [1.807, 2.05) is 66.7 Å². The summed E-state index contributed by atoms with van der Waals surface area (Å²) >= 11 is 0. The number of methoxy groups -OCH3 is 1. The van der Waals surface area contributed by atoms with Gasteiger partial charge in [0.05, 0.1) is 29.6 Å². The Morgan fingerprint density at radius 2 is 1.27 bits per heavy atom. The van der Waals surface area contributed by atoms with Crippen molar-refractivity contribution >= 4 is 16.6 Å². The first-order valence-electron chi connectivity index (χ1n) is 10.9. The van der Waals surface area contributed by atoms with Gasteiger partial charge in [0, 0.05) is 16.5 Å². The summed E-state index contributed by atoms with van der Waals surface area (Å²) in [5.41, 5.74) is 6.78. The number of imidazole rings is 1. The number of ether oxygens (including phenoxy) is 1. The number of benzene rings is 4. The second-order valence-electron chi connectivity index (χ2n) is 7.85. The normalized spacial score (nSPS) is 11.2. The van der Waals surface area contributed by atoms with Crippen LogP contribution in [0, 0.1) is 0 Å². The molecule has 0 aliphatic heterocycles. The van der Waals surface area contributed by atoms with Crippen LogP contribution in [0.2, 0.25) is 0 Å². The van der Waals surface area contributed by atoms with Gasteiger partial charge < -0.3 is 4.74 Å². The van der Waals surface area contributed by atoms with Crippen LogP contribution < -0.4 is 4.74 Å². The highest BCUT2D eigenvalue weighted by Crippen LogP contribution is 2.39. The SMILES string of the molecule is COc1ccccc1-c1nc2ccccc2c2nc(-c3ccccc3)c(-c3ccccc3)n12. The number of para-hydroxylation sites is 2. The maximum atomic E-state index is 5.72. The molecule has 0 fully saturated rings. The standard InChI is InChI=1S/C29H21N3O/c1-33-25-19-11-9-17-23(25)29-30-24-18-10-8-16-22(24)28-31-26(20-12-4-2-5-13-20)27(32(28)29)21-14-6-3-7-15-21/h2-19H,1H3. The van der Waals surface area contributed by atoms with Crippen molar-refractivity contribution in [1.82, 2.24) is 14.4 Å². The summed E-state index contributed by atoms with van der Waals surface area (Å²) in [5.74, 6) is 1.57. The Kier molecular flexibility index (Phi) is 4.62. The zero-order valence-corrected chi connectivity index (χ0v) is 18.1. The Bertz CT molecular complexity index is 1590. The molecule has 2 aromatic heterocycles. The van der Waals surface area contributed by atoms with Gasteiger partial charge >= 0.3 is 0 Å². The van der Waals surface area contributed by atoms with Crippen LogP contribution in [-0.2, 0) is 0 Å². The van der Waals surface area contributed by atoms with E-state index >= 15 is 0 Å². The lowest BCUT2D eigenvalue weighted by Gasteiger charge is -2.14. The van der Waals surface area contributed by atoms with Gasteiger partial charge in [0.15, 0.2) is 5.82 Å². The highest BCUT2D eigenvalue weighted by molar-refractivity contribution is 5.97. The molecule has 0 aliphatic rings. The summed E-state index contributed by atoms with van der Waals surface area (Å²) in [6, 6.07) is 36.9. The van der Waals surface area contributed by atoms with E-state index in [1.165, 1.54) is 0 Å². The molecular weight excluding hydrogens is 406 g/mol. The molecule has 0 amide bonds. The van der Waals surface area contributed by atoms with Crippen LogP contribution in [0.3, 0.4) is 0 Å². The molecule has 4 heteroatoms. The van der Waals surface area contributed by atoms with E-state index in [4.69, 9.17) is 14.7 Å². The fourth-order valence-electron chi connectivity index (χ4n) is 4.40. The monoisotopic (exact) mass is 427 g/mol. The number of fused-ring (bicyclic) bond motifs is 3. The Labute approximate surface area is 191 Å². The summed E-state index contributed by atoms with van der Waals surface area (Å²) in [7, 11) is 1.69. The van der Waals surface area contributed by atoms with E-state index in [0.29, 0.717) is 0 Å². The maximum Gasteiger partial charge on any atom is 0.150 e. The quantitative estimate of drug-likeness (QED) is 0.307. The molecular formula is C29H21N3O. The van der Waals surface area contributed by atoms with Gasteiger partial charge in [-0.05, 0) is 24.3 Å². The molecule has 33 heavy (non-hydrogen) atoms. The van der Waals surface area contributed by atoms with Gasteiger partial charge in [-0.2, -0.15) is 0 Å². The van der Waals surface area contributed by atoms with Crippen molar-refractivity contribution in [2.45, 2.75) is 0 Å². The summed E-state index contributed by atoms with van der Waals surface area (Å²) < 4.78 is 7.90. The predicted molar refractivity (Wildman–Crippen MR) is 133 cm³/mol. The molecule has 0 saturated carbocycles. The zero-order chi connectivity index (χ0) is 22.2. The molecule has 0 radical (unpaired) electrons. The van der Waals surface area contributed by atoms with E-state index < -0.39 is 0 Å². The van der Waals surface area contributed by atoms with E-state index in [9.17, 15) is 0 Å². The van der Waals surface area contributed by atoms with Gasteiger partial charge in [0.25, 0.3) is 0 Å². The Balaban J connectivity index is 1.84. The third-order valence-electron chi connectivity index (χ3n) is 5.90. The van der Waals surface area contributed by atoms with Crippen LogP contribution >= 0.6 is 0 Å².